The van der Waals surface area contributed by atoms with Crippen molar-refractivity contribution in [2.75, 3.05) is 4.90 Å². The van der Waals surface area contributed by atoms with Crippen LogP contribution >= 0.6 is 0 Å². The molecule has 0 atom stereocenters. The summed E-state index contributed by atoms with van der Waals surface area (Å²) in [7, 11) is 0. The van der Waals surface area contributed by atoms with Gasteiger partial charge in [0.25, 0.3) is 0 Å². The third-order valence-corrected chi connectivity index (χ3v) is 11.7. The van der Waals surface area contributed by atoms with Gasteiger partial charge in [-0.1, -0.05) is 208 Å². The molecule has 0 N–H and O–H groups in total. The van der Waals surface area contributed by atoms with E-state index < -0.39 is 0 Å². The highest BCUT2D eigenvalue weighted by Gasteiger charge is 2.37. The van der Waals surface area contributed by atoms with Crippen LogP contribution in [0, 0.1) is 0 Å². The molecule has 56 heavy (non-hydrogen) atoms. The summed E-state index contributed by atoms with van der Waals surface area (Å²) in [5, 5.41) is 2.47. The maximum atomic E-state index is 2.52. The molecule has 0 aromatic heterocycles. The van der Waals surface area contributed by atoms with Crippen molar-refractivity contribution in [3.63, 3.8) is 0 Å². The molecule has 0 fully saturated rings. The van der Waals surface area contributed by atoms with Gasteiger partial charge in [0.2, 0.25) is 0 Å². The first kappa shape index (κ1) is 33.6. The maximum Gasteiger partial charge on any atom is 0.0540 e. The van der Waals surface area contributed by atoms with Gasteiger partial charge in [0.15, 0.2) is 0 Å². The van der Waals surface area contributed by atoms with Gasteiger partial charge >= 0.3 is 0 Å². The molecule has 1 heteroatoms. The fraction of sp³-hybridized carbons (Fsp3) is 0.0545. The second kappa shape index (κ2) is 13.7. The standard InChI is InChI=1S/C55H41N/c1-55(2)48-33-13-9-29-47(48)54-46(32-19-34-49(54)55)44-28-12-16-37-52(44)56(50-35-14-10-26-41(50)38-20-5-3-6-21-38)51-36-15-11-27-43(51)45-31-18-25-40-24-17-30-42(53(40)45)39-22-7-4-8-23-39/h3-37H,1-2H3. The predicted molar refractivity (Wildman–Crippen MR) is 238 cm³/mol. The molecule has 0 unspecified atom stereocenters. The van der Waals surface area contributed by atoms with Crippen molar-refractivity contribution in [3.8, 4) is 55.6 Å². The normalized spacial score (nSPS) is 12.6. The third-order valence-electron chi connectivity index (χ3n) is 11.7. The van der Waals surface area contributed by atoms with Crippen molar-refractivity contribution < 1.29 is 0 Å². The van der Waals surface area contributed by atoms with Crippen LogP contribution in [0.25, 0.3) is 66.4 Å². The molecule has 9 aromatic carbocycles. The molecule has 0 saturated heterocycles. The first-order valence-corrected chi connectivity index (χ1v) is 19.5. The summed E-state index contributed by atoms with van der Waals surface area (Å²) in [5.74, 6) is 0. The summed E-state index contributed by atoms with van der Waals surface area (Å²) in [6, 6.07) is 77.6. The number of nitrogens with zero attached hydrogens (tertiary/aromatic N) is 1. The molecular formula is C55H41N. The van der Waals surface area contributed by atoms with Gasteiger partial charge in [-0.15, -0.1) is 0 Å². The Morgan fingerprint density at radius 1 is 0.304 bits per heavy atom. The van der Waals surface area contributed by atoms with Crippen LogP contribution in [-0.2, 0) is 5.41 Å². The topological polar surface area (TPSA) is 3.24 Å². The molecule has 266 valence electrons. The van der Waals surface area contributed by atoms with E-state index in [-0.39, 0.29) is 5.41 Å². The summed E-state index contributed by atoms with van der Waals surface area (Å²) in [6.45, 7) is 4.72. The first-order valence-electron chi connectivity index (χ1n) is 19.5. The fourth-order valence-corrected chi connectivity index (χ4v) is 9.12. The summed E-state index contributed by atoms with van der Waals surface area (Å²) >= 11 is 0. The van der Waals surface area contributed by atoms with E-state index in [1.165, 1.54) is 77.5 Å². The Kier molecular flexibility index (Phi) is 8.23. The van der Waals surface area contributed by atoms with Gasteiger partial charge in [-0.2, -0.15) is 0 Å². The van der Waals surface area contributed by atoms with E-state index in [9.17, 15) is 0 Å². The number of anilines is 3. The smallest absolute Gasteiger partial charge is 0.0540 e. The number of fused-ring (bicyclic) bond motifs is 4. The number of benzene rings is 9. The Morgan fingerprint density at radius 2 is 0.714 bits per heavy atom. The molecule has 0 spiro atoms. The number of rotatable bonds is 7. The summed E-state index contributed by atoms with van der Waals surface area (Å²) in [4.78, 5) is 2.52. The minimum absolute atomic E-state index is 0.103. The highest BCUT2D eigenvalue weighted by atomic mass is 15.1. The van der Waals surface area contributed by atoms with E-state index in [0.717, 1.165) is 17.1 Å². The van der Waals surface area contributed by atoms with Crippen LogP contribution in [0.2, 0.25) is 0 Å². The van der Waals surface area contributed by atoms with E-state index in [4.69, 9.17) is 0 Å². The minimum Gasteiger partial charge on any atom is -0.309 e. The summed E-state index contributed by atoms with van der Waals surface area (Å²) in [5.41, 5.74) is 18.2. The zero-order chi connectivity index (χ0) is 37.6. The zero-order valence-electron chi connectivity index (χ0n) is 31.7. The van der Waals surface area contributed by atoms with E-state index in [2.05, 4.69) is 231 Å². The number of hydrogen-bond acceptors (Lipinski definition) is 1. The van der Waals surface area contributed by atoms with Crippen LogP contribution in [0.3, 0.4) is 0 Å². The molecule has 0 heterocycles. The highest BCUT2D eigenvalue weighted by Crippen LogP contribution is 2.55. The molecule has 1 aliphatic carbocycles. The van der Waals surface area contributed by atoms with Crippen LogP contribution in [0.15, 0.2) is 212 Å². The highest BCUT2D eigenvalue weighted by molar-refractivity contribution is 6.10. The van der Waals surface area contributed by atoms with E-state index in [1.54, 1.807) is 0 Å². The van der Waals surface area contributed by atoms with Crippen LogP contribution in [0.5, 0.6) is 0 Å². The molecule has 9 aromatic rings. The average Bonchev–Trinajstić information content (AvgIpc) is 3.50. The quantitative estimate of drug-likeness (QED) is 0.159. The molecule has 0 bridgehead atoms. The fourth-order valence-electron chi connectivity index (χ4n) is 9.12. The molecule has 1 aliphatic rings. The van der Waals surface area contributed by atoms with Crippen molar-refractivity contribution in [2.24, 2.45) is 0 Å². The van der Waals surface area contributed by atoms with E-state index >= 15 is 0 Å². The lowest BCUT2D eigenvalue weighted by Crippen LogP contribution is -2.15. The van der Waals surface area contributed by atoms with Gasteiger partial charge in [0, 0.05) is 22.1 Å². The Morgan fingerprint density at radius 3 is 1.36 bits per heavy atom. The predicted octanol–water partition coefficient (Wildman–Crippen LogP) is 15.3. The monoisotopic (exact) mass is 715 g/mol. The van der Waals surface area contributed by atoms with Gasteiger partial charge in [0.1, 0.15) is 0 Å². The zero-order valence-corrected chi connectivity index (χ0v) is 31.7. The lowest BCUT2D eigenvalue weighted by atomic mass is 9.82. The van der Waals surface area contributed by atoms with Gasteiger partial charge in [-0.05, 0) is 79.0 Å². The molecular weight excluding hydrogens is 675 g/mol. The molecule has 0 amide bonds. The van der Waals surface area contributed by atoms with Gasteiger partial charge < -0.3 is 4.90 Å². The maximum absolute atomic E-state index is 2.52. The second-order valence-corrected chi connectivity index (χ2v) is 15.2. The number of para-hydroxylation sites is 3. The Bertz CT molecular complexity index is 2880. The SMILES string of the molecule is CC1(C)c2ccccc2-c2c(-c3ccccc3N(c3ccccc3-c3ccccc3)c3ccccc3-c3cccc4cccc(-c5ccccc5)c34)cccc21. The molecule has 0 radical (unpaired) electrons. The van der Waals surface area contributed by atoms with Crippen molar-refractivity contribution >= 4 is 27.8 Å². The third kappa shape index (κ3) is 5.47. The van der Waals surface area contributed by atoms with Crippen molar-refractivity contribution in [1.82, 2.24) is 0 Å². The van der Waals surface area contributed by atoms with Gasteiger partial charge in [-0.3, -0.25) is 0 Å². The molecule has 0 aliphatic heterocycles. The molecule has 10 rings (SSSR count). The summed E-state index contributed by atoms with van der Waals surface area (Å²) in [6.07, 6.45) is 0. The van der Waals surface area contributed by atoms with E-state index in [0.29, 0.717) is 0 Å². The molecule has 1 nitrogen and oxygen atoms in total. The van der Waals surface area contributed by atoms with Crippen LogP contribution in [-0.4, -0.2) is 0 Å². The lowest BCUT2D eigenvalue weighted by Gasteiger charge is -2.32. The second-order valence-electron chi connectivity index (χ2n) is 15.2. The Hall–Kier alpha value is -6.96. The van der Waals surface area contributed by atoms with Gasteiger partial charge in [0.05, 0.1) is 17.1 Å². The first-order chi connectivity index (χ1) is 27.6. The lowest BCUT2D eigenvalue weighted by molar-refractivity contribution is 0.660. The van der Waals surface area contributed by atoms with Crippen molar-refractivity contribution in [3.05, 3.63) is 223 Å². The van der Waals surface area contributed by atoms with Crippen LogP contribution in [0.1, 0.15) is 25.0 Å². The summed E-state index contributed by atoms with van der Waals surface area (Å²) < 4.78 is 0. The van der Waals surface area contributed by atoms with Gasteiger partial charge in [-0.25, -0.2) is 0 Å². The van der Waals surface area contributed by atoms with Crippen LogP contribution in [0.4, 0.5) is 17.1 Å². The molecule has 0 saturated carbocycles. The van der Waals surface area contributed by atoms with E-state index in [1.807, 2.05) is 0 Å². The average molecular weight is 716 g/mol. The Labute approximate surface area is 329 Å². The van der Waals surface area contributed by atoms with Crippen LogP contribution < -0.4 is 4.90 Å². The number of hydrogen-bond donors (Lipinski definition) is 0. The van der Waals surface area contributed by atoms with Crippen molar-refractivity contribution in [1.29, 1.82) is 0 Å². The van der Waals surface area contributed by atoms with Crippen molar-refractivity contribution in [2.45, 2.75) is 19.3 Å². The largest absolute Gasteiger partial charge is 0.309 e. The Balaban J connectivity index is 1.28. The minimum atomic E-state index is -0.103.